The maximum absolute atomic E-state index is 6.42. The summed E-state index contributed by atoms with van der Waals surface area (Å²) in [5.74, 6) is 2.88. The number of hydrogen-bond donors (Lipinski definition) is 0. The highest BCUT2D eigenvalue weighted by atomic mass is 79.9. The first-order chi connectivity index (χ1) is 28.4. The molecule has 8 nitrogen and oxygen atoms in total. The van der Waals surface area contributed by atoms with E-state index in [1.165, 1.54) is 56.2 Å². The molecule has 4 aromatic carbocycles. The van der Waals surface area contributed by atoms with Crippen molar-refractivity contribution in [3.05, 3.63) is 130 Å². The Kier molecular flexibility index (Phi) is 13.0. The summed E-state index contributed by atoms with van der Waals surface area (Å²) in [6.07, 6.45) is 9.15. The number of aryl methyl sites for hydroxylation is 1. The number of nitrogens with zero attached hydrogens (tertiary/aromatic N) is 5. The largest absolute Gasteiger partial charge is 0.490 e. The molecule has 302 valence electrons. The molecule has 8 rings (SSSR count). The zero-order valence-corrected chi connectivity index (χ0v) is 35.7. The predicted octanol–water partition coefficient (Wildman–Crippen LogP) is 11.2. The van der Waals surface area contributed by atoms with Crippen LogP contribution in [0.1, 0.15) is 68.6 Å². The topological polar surface area (TPSA) is 64.9 Å². The van der Waals surface area contributed by atoms with Gasteiger partial charge in [-0.1, -0.05) is 95.5 Å². The molecule has 0 radical (unpaired) electrons. The number of anilines is 1. The van der Waals surface area contributed by atoms with Gasteiger partial charge in [-0.05, 0) is 99.4 Å². The van der Waals surface area contributed by atoms with Crippen molar-refractivity contribution in [3.8, 4) is 28.8 Å². The van der Waals surface area contributed by atoms with E-state index in [2.05, 4.69) is 88.1 Å². The number of ether oxygens (including phenoxy) is 3. The lowest BCUT2D eigenvalue weighted by Crippen LogP contribution is -2.49. The molecule has 2 fully saturated rings. The van der Waals surface area contributed by atoms with E-state index in [1.54, 1.807) is 0 Å². The number of piperazine rings is 1. The van der Waals surface area contributed by atoms with Gasteiger partial charge in [-0.3, -0.25) is 9.58 Å². The van der Waals surface area contributed by atoms with Crippen molar-refractivity contribution in [1.29, 1.82) is 0 Å². The zero-order valence-electron chi connectivity index (χ0n) is 34.2. The molecular weight excluding hydrogens is 786 g/mol. The Balaban J connectivity index is 0.857. The molecule has 58 heavy (non-hydrogen) atoms. The van der Waals surface area contributed by atoms with Crippen molar-refractivity contribution in [3.63, 3.8) is 0 Å². The van der Waals surface area contributed by atoms with Crippen LogP contribution >= 0.6 is 15.9 Å². The van der Waals surface area contributed by atoms with Crippen molar-refractivity contribution >= 4 is 32.5 Å². The van der Waals surface area contributed by atoms with Gasteiger partial charge in [-0.15, -0.1) is 0 Å². The highest BCUT2D eigenvalue weighted by molar-refractivity contribution is 9.10. The van der Waals surface area contributed by atoms with Crippen LogP contribution in [0.4, 0.5) is 5.69 Å². The molecule has 2 aromatic heterocycles. The maximum atomic E-state index is 6.42. The van der Waals surface area contributed by atoms with E-state index in [4.69, 9.17) is 24.3 Å². The lowest BCUT2D eigenvalue weighted by Gasteiger charge is -2.39. The minimum absolute atomic E-state index is 0.346. The normalized spacial score (nSPS) is 18.0. The minimum atomic E-state index is 0.346. The number of pyridine rings is 1. The average Bonchev–Trinajstić information content (AvgIpc) is 3.60. The van der Waals surface area contributed by atoms with Gasteiger partial charge in [0.25, 0.3) is 0 Å². The lowest BCUT2D eigenvalue weighted by atomic mass is 9.84. The molecule has 0 bridgehead atoms. The molecule has 1 saturated heterocycles. The molecule has 0 spiro atoms. The molecule has 0 amide bonds. The number of fused-ring (bicyclic) bond motifs is 1. The summed E-state index contributed by atoms with van der Waals surface area (Å²) < 4.78 is 22.0. The van der Waals surface area contributed by atoms with Gasteiger partial charge in [0.2, 0.25) is 11.8 Å². The van der Waals surface area contributed by atoms with Gasteiger partial charge < -0.3 is 19.1 Å². The van der Waals surface area contributed by atoms with Crippen molar-refractivity contribution in [2.75, 3.05) is 31.1 Å². The third-order valence-corrected chi connectivity index (χ3v) is 13.1. The van der Waals surface area contributed by atoms with Gasteiger partial charge in [-0.2, -0.15) is 10.1 Å². The Morgan fingerprint density at radius 3 is 2.21 bits per heavy atom. The fourth-order valence-corrected chi connectivity index (χ4v) is 8.98. The van der Waals surface area contributed by atoms with E-state index in [-0.39, 0.29) is 0 Å². The molecule has 3 heterocycles. The van der Waals surface area contributed by atoms with E-state index < -0.39 is 0 Å². The van der Waals surface area contributed by atoms with Crippen LogP contribution in [0.15, 0.2) is 114 Å². The van der Waals surface area contributed by atoms with Gasteiger partial charge in [0.05, 0.1) is 17.2 Å². The molecule has 0 N–H and O–H groups in total. The van der Waals surface area contributed by atoms with E-state index in [9.17, 15) is 0 Å². The number of rotatable bonds is 15. The summed E-state index contributed by atoms with van der Waals surface area (Å²) in [5.41, 5.74) is 7.38. The first-order valence-corrected chi connectivity index (χ1v) is 21.9. The summed E-state index contributed by atoms with van der Waals surface area (Å²) in [7, 11) is 2.02. The second-order valence-electron chi connectivity index (χ2n) is 16.2. The Hall–Kier alpha value is -4.86. The monoisotopic (exact) mass is 841 g/mol. The Bertz CT molecular complexity index is 2250. The number of halogens is 1. The summed E-state index contributed by atoms with van der Waals surface area (Å²) in [5, 5.41) is 6.10. The SMILES string of the molecule is Cc1c(Br)cccc1O[C@H]1CC[C@H](CCC[C@@H](C)N2CCN(c3ccc4c(-c5ccc(OCc6ccccc6)nc5OCc5ccccc5)nn(C)c4c3)CC2)CC1. The van der Waals surface area contributed by atoms with Gasteiger partial charge in [0, 0.05) is 66.4 Å². The Morgan fingerprint density at radius 1 is 0.776 bits per heavy atom. The second kappa shape index (κ2) is 18.8. The highest BCUT2D eigenvalue weighted by Crippen LogP contribution is 2.37. The fraction of sp³-hybridized carbons (Fsp3) is 0.388. The van der Waals surface area contributed by atoms with Crippen LogP contribution < -0.4 is 19.1 Å². The van der Waals surface area contributed by atoms with Crippen LogP contribution in [0.25, 0.3) is 22.2 Å². The summed E-state index contributed by atoms with van der Waals surface area (Å²) >= 11 is 3.64. The van der Waals surface area contributed by atoms with Crippen molar-refractivity contribution in [2.24, 2.45) is 13.0 Å². The highest BCUT2D eigenvalue weighted by Gasteiger charge is 2.26. The summed E-state index contributed by atoms with van der Waals surface area (Å²) in [6, 6.07) is 37.9. The van der Waals surface area contributed by atoms with Crippen molar-refractivity contribution in [2.45, 2.75) is 84.2 Å². The average molecular weight is 843 g/mol. The lowest BCUT2D eigenvalue weighted by molar-refractivity contribution is 0.124. The van der Waals surface area contributed by atoms with Crippen LogP contribution in [0.5, 0.6) is 17.5 Å². The smallest absolute Gasteiger partial charge is 0.226 e. The molecule has 1 atom stereocenters. The Labute approximate surface area is 352 Å². The van der Waals surface area contributed by atoms with Crippen molar-refractivity contribution in [1.82, 2.24) is 19.7 Å². The summed E-state index contributed by atoms with van der Waals surface area (Å²) in [4.78, 5) is 10.1. The quantitative estimate of drug-likeness (QED) is 0.102. The molecule has 1 aliphatic carbocycles. The van der Waals surface area contributed by atoms with Crippen molar-refractivity contribution < 1.29 is 14.2 Å². The Morgan fingerprint density at radius 2 is 1.48 bits per heavy atom. The number of benzene rings is 4. The predicted molar refractivity (Wildman–Crippen MR) is 238 cm³/mol. The third kappa shape index (κ3) is 9.70. The first kappa shape index (κ1) is 39.9. The molecule has 1 aliphatic heterocycles. The first-order valence-electron chi connectivity index (χ1n) is 21.1. The van der Waals surface area contributed by atoms with Gasteiger partial charge in [0.15, 0.2) is 0 Å². The van der Waals surface area contributed by atoms with Crippen LogP contribution in [0.2, 0.25) is 0 Å². The molecule has 9 heteroatoms. The second-order valence-corrected chi connectivity index (χ2v) is 17.0. The molecule has 1 saturated carbocycles. The molecule has 2 aliphatic rings. The van der Waals surface area contributed by atoms with Gasteiger partial charge >= 0.3 is 0 Å². The molecule has 0 unspecified atom stereocenters. The third-order valence-electron chi connectivity index (χ3n) is 12.2. The van der Waals surface area contributed by atoms with Crippen LogP contribution in [-0.4, -0.2) is 58.0 Å². The number of hydrogen-bond acceptors (Lipinski definition) is 7. The van der Waals surface area contributed by atoms with E-state index in [0.717, 1.165) is 75.6 Å². The molecule has 6 aromatic rings. The summed E-state index contributed by atoms with van der Waals surface area (Å²) in [6.45, 7) is 9.60. The van der Waals surface area contributed by atoms with Crippen LogP contribution in [-0.2, 0) is 20.3 Å². The van der Waals surface area contributed by atoms with Crippen LogP contribution in [0, 0.1) is 12.8 Å². The van der Waals surface area contributed by atoms with E-state index >= 15 is 0 Å². The van der Waals surface area contributed by atoms with E-state index in [0.29, 0.717) is 37.1 Å². The van der Waals surface area contributed by atoms with Gasteiger partial charge in [0.1, 0.15) is 24.7 Å². The standard InChI is InChI=1S/C49H56BrN5O3/c1-35(12-10-17-37-20-23-41(24-21-37)58-46-19-11-18-44(50)36(46)2)54-28-30-55(31-29-54)40-22-25-42-45(32-40)53(3)52-48(42)43-26-27-47(56-33-38-13-6-4-7-14-38)51-49(43)57-34-39-15-8-5-9-16-39/h4-9,11,13-16,18-19,22,25-27,32,35,37,41H,10,12,17,20-21,23-24,28-31,33-34H2,1-3H3/t35-,37-,41-/m1/s1. The maximum Gasteiger partial charge on any atom is 0.226 e. The number of aromatic nitrogens is 3. The fourth-order valence-electron chi connectivity index (χ4n) is 8.63. The van der Waals surface area contributed by atoms with Gasteiger partial charge in [-0.25, -0.2) is 0 Å². The van der Waals surface area contributed by atoms with E-state index in [1.807, 2.05) is 72.4 Å². The molecular formula is C49H56BrN5O3. The minimum Gasteiger partial charge on any atom is -0.490 e. The van der Waals surface area contributed by atoms with Crippen LogP contribution in [0.3, 0.4) is 0 Å². The zero-order chi connectivity index (χ0) is 39.8.